The number of halogens is 3. The highest BCUT2D eigenvalue weighted by molar-refractivity contribution is 5.92. The smallest absolute Gasteiger partial charge is 0.416 e. The van der Waals surface area contributed by atoms with Gasteiger partial charge < -0.3 is 10.1 Å². The minimum atomic E-state index is -4.41. The summed E-state index contributed by atoms with van der Waals surface area (Å²) >= 11 is 0. The number of nitrogens with one attached hydrogen (secondary N) is 1. The molecule has 1 fully saturated rings. The minimum Gasteiger partial charge on any atom is -0.466 e. The molecule has 0 unspecified atom stereocenters. The van der Waals surface area contributed by atoms with E-state index in [1.165, 1.54) is 23.9 Å². The number of amides is 1. The number of ether oxygens (including phenoxy) is 1. The van der Waals surface area contributed by atoms with E-state index in [0.29, 0.717) is 22.8 Å². The van der Waals surface area contributed by atoms with E-state index in [9.17, 15) is 18.0 Å². The molecule has 0 bridgehead atoms. The molecule has 1 aliphatic rings. The lowest BCUT2D eigenvalue weighted by molar-refractivity contribution is -0.137. The van der Waals surface area contributed by atoms with Crippen LogP contribution in [0.2, 0.25) is 0 Å². The Hall–Kier alpha value is -3.36. The molecule has 4 rings (SSSR count). The summed E-state index contributed by atoms with van der Waals surface area (Å²) in [6.07, 6.45) is -0.420. The summed E-state index contributed by atoms with van der Waals surface area (Å²) in [6, 6.07) is 11.8. The summed E-state index contributed by atoms with van der Waals surface area (Å²) in [5.41, 5.74) is 1.02. The highest BCUT2D eigenvalue weighted by Crippen LogP contribution is 2.32. The molecule has 0 saturated heterocycles. The largest absolute Gasteiger partial charge is 0.466 e. The molecule has 6 nitrogen and oxygen atoms in total. The number of hydrogen-bond acceptors (Lipinski definition) is 4. The maximum absolute atomic E-state index is 12.9. The lowest BCUT2D eigenvalue weighted by Gasteiger charge is -2.11. The number of rotatable bonds is 5. The van der Waals surface area contributed by atoms with E-state index in [4.69, 9.17) is 4.74 Å². The van der Waals surface area contributed by atoms with Crippen LogP contribution < -0.4 is 10.1 Å². The Morgan fingerprint density at radius 1 is 1.06 bits per heavy atom. The summed E-state index contributed by atoms with van der Waals surface area (Å²) in [5.74, 6) is 0.428. The van der Waals surface area contributed by atoms with Gasteiger partial charge in [-0.15, -0.1) is 5.10 Å². The van der Waals surface area contributed by atoms with Crippen molar-refractivity contribution in [1.29, 1.82) is 0 Å². The molecule has 1 aliphatic carbocycles. The Bertz CT molecular complexity index is 1050. The highest BCUT2D eigenvalue weighted by Gasteiger charge is 2.30. The maximum atomic E-state index is 12.9. The zero-order chi connectivity index (χ0) is 22.0. The number of anilines is 1. The lowest BCUT2D eigenvalue weighted by atomic mass is 10.1. The van der Waals surface area contributed by atoms with E-state index < -0.39 is 11.7 Å². The molecule has 162 valence electrons. The van der Waals surface area contributed by atoms with Crippen LogP contribution in [-0.2, 0) is 11.0 Å². The van der Waals surface area contributed by atoms with Gasteiger partial charge in [0.2, 0.25) is 5.91 Å². The number of benzene rings is 2. The number of alkyl halides is 3. The summed E-state index contributed by atoms with van der Waals surface area (Å²) in [7, 11) is 1.41. The molecule has 0 atom stereocenters. The van der Waals surface area contributed by atoms with Crippen LogP contribution >= 0.6 is 0 Å². The van der Waals surface area contributed by atoms with Crippen LogP contribution in [0.4, 0.5) is 18.9 Å². The van der Waals surface area contributed by atoms with Gasteiger partial charge in [-0.25, -0.2) is 4.68 Å². The first-order valence-corrected chi connectivity index (χ1v) is 9.95. The van der Waals surface area contributed by atoms with Crippen molar-refractivity contribution in [3.63, 3.8) is 0 Å². The van der Waals surface area contributed by atoms with Gasteiger partial charge in [0.05, 0.1) is 18.4 Å². The van der Waals surface area contributed by atoms with Gasteiger partial charge in [0.25, 0.3) is 0 Å². The molecular weight excluding hydrogens is 409 g/mol. The topological polar surface area (TPSA) is 69.0 Å². The molecule has 1 saturated carbocycles. The Morgan fingerprint density at radius 3 is 2.29 bits per heavy atom. The summed E-state index contributed by atoms with van der Waals surface area (Å²) < 4.78 is 45.2. The van der Waals surface area contributed by atoms with Crippen molar-refractivity contribution in [1.82, 2.24) is 14.8 Å². The third kappa shape index (κ3) is 4.55. The normalized spacial score (nSPS) is 14.6. The standard InChI is InChI=1S/C22H21F3N4O2/c1-31-21-27-19(14-6-8-16(9-7-14)22(23,24)25)29(28-21)18-12-10-17(11-13-18)26-20(30)15-4-2-3-5-15/h6-13,15H,2-5H2,1H3,(H,26,30). The molecule has 0 spiro atoms. The van der Waals surface area contributed by atoms with Gasteiger partial charge in [-0.05, 0) is 49.2 Å². The van der Waals surface area contributed by atoms with Gasteiger partial charge in [0.15, 0.2) is 5.82 Å². The maximum Gasteiger partial charge on any atom is 0.416 e. The lowest BCUT2D eigenvalue weighted by Crippen LogP contribution is -2.20. The first-order valence-electron chi connectivity index (χ1n) is 9.95. The highest BCUT2D eigenvalue weighted by atomic mass is 19.4. The van der Waals surface area contributed by atoms with Crippen LogP contribution in [0, 0.1) is 5.92 Å². The van der Waals surface area contributed by atoms with E-state index in [1.54, 1.807) is 24.3 Å². The van der Waals surface area contributed by atoms with Crippen LogP contribution in [0.3, 0.4) is 0 Å². The first kappa shape index (κ1) is 20.9. The summed E-state index contributed by atoms with van der Waals surface area (Å²) in [4.78, 5) is 16.6. The Morgan fingerprint density at radius 2 is 1.71 bits per heavy atom. The fourth-order valence-corrected chi connectivity index (χ4v) is 3.67. The van der Waals surface area contributed by atoms with Crippen molar-refractivity contribution in [2.24, 2.45) is 5.92 Å². The molecule has 31 heavy (non-hydrogen) atoms. The van der Waals surface area contributed by atoms with Crippen LogP contribution in [0.5, 0.6) is 6.01 Å². The van der Waals surface area contributed by atoms with Crippen molar-refractivity contribution >= 4 is 11.6 Å². The Balaban J connectivity index is 1.59. The summed E-state index contributed by atoms with van der Waals surface area (Å²) in [5, 5.41) is 7.20. The fourth-order valence-electron chi connectivity index (χ4n) is 3.67. The predicted octanol–water partition coefficient (Wildman–Crippen LogP) is 5.09. The zero-order valence-corrected chi connectivity index (χ0v) is 16.8. The van der Waals surface area contributed by atoms with Gasteiger partial charge >= 0.3 is 12.2 Å². The van der Waals surface area contributed by atoms with E-state index in [-0.39, 0.29) is 17.8 Å². The van der Waals surface area contributed by atoms with Gasteiger partial charge in [-0.1, -0.05) is 25.0 Å². The first-order chi connectivity index (χ1) is 14.8. The van der Waals surface area contributed by atoms with E-state index in [1.807, 2.05) is 0 Å². The van der Waals surface area contributed by atoms with Crippen LogP contribution in [0.25, 0.3) is 17.1 Å². The second-order valence-electron chi connectivity index (χ2n) is 7.43. The molecule has 9 heteroatoms. The third-order valence-electron chi connectivity index (χ3n) is 5.35. The minimum absolute atomic E-state index is 0.0260. The van der Waals surface area contributed by atoms with Gasteiger partial charge in [0.1, 0.15) is 0 Å². The van der Waals surface area contributed by atoms with Gasteiger partial charge in [0, 0.05) is 17.2 Å². The number of carbonyl (C=O) groups excluding carboxylic acids is 1. The third-order valence-corrected chi connectivity index (χ3v) is 5.35. The molecule has 1 amide bonds. The molecule has 3 aromatic rings. The molecular formula is C22H21F3N4O2. The predicted molar refractivity (Wildman–Crippen MR) is 109 cm³/mol. The zero-order valence-electron chi connectivity index (χ0n) is 16.8. The molecule has 1 heterocycles. The number of hydrogen-bond donors (Lipinski definition) is 1. The van der Waals surface area contributed by atoms with Gasteiger partial charge in [-0.3, -0.25) is 4.79 Å². The van der Waals surface area contributed by atoms with Crippen molar-refractivity contribution in [2.75, 3.05) is 12.4 Å². The van der Waals surface area contributed by atoms with Gasteiger partial charge in [-0.2, -0.15) is 18.2 Å². The molecule has 0 radical (unpaired) electrons. The average molecular weight is 430 g/mol. The molecule has 2 aromatic carbocycles. The fraction of sp³-hybridized carbons (Fsp3) is 0.318. The Labute approximate surface area is 177 Å². The van der Waals surface area contributed by atoms with Crippen molar-refractivity contribution < 1.29 is 22.7 Å². The van der Waals surface area contributed by atoms with Crippen LogP contribution in [0.15, 0.2) is 48.5 Å². The second kappa shape index (κ2) is 8.41. The monoisotopic (exact) mass is 430 g/mol. The van der Waals surface area contributed by atoms with Crippen molar-refractivity contribution in [3.8, 4) is 23.1 Å². The number of aromatic nitrogens is 3. The molecule has 1 N–H and O–H groups in total. The van der Waals surface area contributed by atoms with Crippen LogP contribution in [-0.4, -0.2) is 27.8 Å². The quantitative estimate of drug-likeness (QED) is 0.612. The number of carbonyl (C=O) groups is 1. The van der Waals surface area contributed by atoms with Crippen molar-refractivity contribution in [3.05, 3.63) is 54.1 Å². The van der Waals surface area contributed by atoms with Crippen molar-refractivity contribution in [2.45, 2.75) is 31.9 Å². The Kier molecular flexibility index (Phi) is 5.67. The van der Waals surface area contributed by atoms with E-state index in [2.05, 4.69) is 15.4 Å². The number of nitrogens with zero attached hydrogens (tertiary/aromatic N) is 3. The summed E-state index contributed by atoms with van der Waals surface area (Å²) in [6.45, 7) is 0. The SMILES string of the molecule is COc1nc(-c2ccc(C(F)(F)F)cc2)n(-c2ccc(NC(=O)C3CCCC3)cc2)n1. The molecule has 1 aromatic heterocycles. The van der Waals surface area contributed by atoms with E-state index in [0.717, 1.165) is 37.8 Å². The molecule has 0 aliphatic heterocycles. The van der Waals surface area contributed by atoms with E-state index >= 15 is 0 Å². The number of methoxy groups -OCH3 is 1. The second-order valence-corrected chi connectivity index (χ2v) is 7.43. The van der Waals surface area contributed by atoms with Crippen LogP contribution in [0.1, 0.15) is 31.2 Å². The average Bonchev–Trinajstić information content (AvgIpc) is 3.44.